The fourth-order valence-electron chi connectivity index (χ4n) is 6.34. The molecule has 2 amide bonds. The van der Waals surface area contributed by atoms with Gasteiger partial charge in [0.25, 0.3) is 5.91 Å². The molecule has 0 aliphatic heterocycles. The predicted molar refractivity (Wildman–Crippen MR) is 139 cm³/mol. The summed E-state index contributed by atoms with van der Waals surface area (Å²) in [5.74, 6) is -11.9. The highest BCUT2D eigenvalue weighted by atomic mass is 16.5. The molecule has 2 aromatic carbocycles. The van der Waals surface area contributed by atoms with Crippen molar-refractivity contribution in [1.82, 2.24) is 0 Å². The normalized spacial score (nSPS) is 26.9. The summed E-state index contributed by atoms with van der Waals surface area (Å²) in [5, 5.41) is 24.5. The third kappa shape index (κ3) is 4.49. The third-order valence-corrected chi connectivity index (χ3v) is 8.17. The Morgan fingerprint density at radius 3 is 2.34 bits per heavy atom. The van der Waals surface area contributed by atoms with E-state index in [9.17, 15) is 43.8 Å². The van der Waals surface area contributed by atoms with Crippen molar-refractivity contribution in [2.45, 2.75) is 31.8 Å². The number of amides is 2. The Hall–Kier alpha value is -4.71. The molecule has 5 N–H and O–H groups in total. The summed E-state index contributed by atoms with van der Waals surface area (Å²) in [4.78, 5) is 87.5. The van der Waals surface area contributed by atoms with Gasteiger partial charge in [0.2, 0.25) is 5.91 Å². The SMILES string of the molecule is CC(=O)OCC(=O)Nc1ccc(-c2ccc(O)c3c2C[C@H]2C[C@H]4CC(=O)C(C(N)=O)C(=O)[C@@]4(O)C(=O)C2C3=O)cc1. The Morgan fingerprint density at radius 1 is 1.02 bits per heavy atom. The standard InChI is InChI=1S/C29H26N2O10/c1-12(32)41-11-21(35)31-16-4-2-13(3-5-16)17-6-7-19(33)23-18(17)9-14-8-15-10-20(34)24(28(30)39)27(38)29(15,40)26(37)22(14)25(23)36/h2-7,14-15,22,24,33,40H,8-11H2,1H3,(H2,30,39)(H,31,35)/t14-,15+,22?,24?,29+/m1/s1. The molecule has 2 fully saturated rings. The highest BCUT2D eigenvalue weighted by Crippen LogP contribution is 2.51. The van der Waals surface area contributed by atoms with E-state index >= 15 is 0 Å². The fraction of sp³-hybridized carbons (Fsp3) is 0.345. The van der Waals surface area contributed by atoms with Gasteiger partial charge in [0.05, 0.1) is 11.5 Å². The van der Waals surface area contributed by atoms with E-state index in [1.807, 2.05) is 0 Å². The first-order chi connectivity index (χ1) is 19.3. The molecule has 12 heteroatoms. The first-order valence-electron chi connectivity index (χ1n) is 12.9. The van der Waals surface area contributed by atoms with Crippen molar-refractivity contribution in [3.63, 3.8) is 0 Å². The maximum absolute atomic E-state index is 13.7. The van der Waals surface area contributed by atoms with Gasteiger partial charge in [-0.1, -0.05) is 18.2 Å². The van der Waals surface area contributed by atoms with Crippen molar-refractivity contribution in [2.24, 2.45) is 29.4 Å². The smallest absolute Gasteiger partial charge is 0.303 e. The lowest BCUT2D eigenvalue weighted by Gasteiger charge is -2.48. The largest absolute Gasteiger partial charge is 0.507 e. The van der Waals surface area contributed by atoms with Crippen LogP contribution in [-0.4, -0.2) is 63.3 Å². The zero-order valence-corrected chi connectivity index (χ0v) is 21.8. The van der Waals surface area contributed by atoms with Crippen molar-refractivity contribution in [1.29, 1.82) is 0 Å². The van der Waals surface area contributed by atoms with E-state index in [4.69, 9.17) is 5.73 Å². The molecule has 3 aliphatic rings. The molecule has 0 spiro atoms. The van der Waals surface area contributed by atoms with Crippen LogP contribution in [-0.2, 0) is 39.9 Å². The molecule has 5 atom stereocenters. The number of anilines is 1. The quantitative estimate of drug-likeness (QED) is 0.293. The zero-order valence-electron chi connectivity index (χ0n) is 21.8. The summed E-state index contributed by atoms with van der Waals surface area (Å²) < 4.78 is 4.67. The lowest BCUT2D eigenvalue weighted by Crippen LogP contribution is -2.68. The van der Waals surface area contributed by atoms with Gasteiger partial charge in [-0.15, -0.1) is 0 Å². The minimum Gasteiger partial charge on any atom is -0.507 e. The van der Waals surface area contributed by atoms with Crippen molar-refractivity contribution in [2.75, 3.05) is 11.9 Å². The fourth-order valence-corrected chi connectivity index (χ4v) is 6.34. The van der Waals surface area contributed by atoms with E-state index in [2.05, 4.69) is 10.1 Å². The minimum atomic E-state index is -2.70. The number of primary amides is 1. The second-order valence-corrected chi connectivity index (χ2v) is 10.6. The Bertz CT molecular complexity index is 1550. The van der Waals surface area contributed by atoms with Gasteiger partial charge in [-0.2, -0.15) is 0 Å². The lowest BCUT2D eigenvalue weighted by molar-refractivity contribution is -0.175. The van der Waals surface area contributed by atoms with Crippen LogP contribution in [0, 0.1) is 23.7 Å². The van der Waals surface area contributed by atoms with Crippen LogP contribution in [0.4, 0.5) is 5.69 Å². The average molecular weight is 563 g/mol. The molecule has 0 heterocycles. The lowest BCUT2D eigenvalue weighted by atomic mass is 9.53. The average Bonchev–Trinajstić information content (AvgIpc) is 2.90. The molecule has 212 valence electrons. The number of carbonyl (C=O) groups is 7. The Balaban J connectivity index is 1.47. The maximum Gasteiger partial charge on any atom is 0.303 e. The number of hydrogen-bond acceptors (Lipinski definition) is 10. The molecule has 41 heavy (non-hydrogen) atoms. The van der Waals surface area contributed by atoms with Crippen molar-refractivity contribution in [3.05, 3.63) is 47.5 Å². The number of phenolic OH excluding ortho intramolecular Hbond substituents is 1. The second kappa shape index (κ2) is 10.0. The monoisotopic (exact) mass is 562 g/mol. The molecule has 3 aliphatic carbocycles. The van der Waals surface area contributed by atoms with E-state index in [-0.39, 0.29) is 24.2 Å². The number of phenols is 1. The van der Waals surface area contributed by atoms with Gasteiger partial charge in [-0.05, 0) is 53.6 Å². The third-order valence-electron chi connectivity index (χ3n) is 8.17. The number of nitrogens with one attached hydrogen (secondary N) is 1. The van der Waals surface area contributed by atoms with Gasteiger partial charge in [0.15, 0.2) is 41.3 Å². The minimum absolute atomic E-state index is 0.0105. The van der Waals surface area contributed by atoms with Gasteiger partial charge < -0.3 is 26.0 Å². The van der Waals surface area contributed by atoms with Crippen molar-refractivity contribution >= 4 is 46.6 Å². The summed E-state index contributed by atoms with van der Waals surface area (Å²) in [6, 6.07) is 9.48. The molecule has 2 unspecified atom stereocenters. The maximum atomic E-state index is 13.7. The Labute approximate surface area is 232 Å². The topological polar surface area (TPSA) is 207 Å². The first kappa shape index (κ1) is 27.8. The number of nitrogens with two attached hydrogens (primary N) is 1. The number of rotatable bonds is 5. The predicted octanol–water partition coefficient (Wildman–Crippen LogP) is 0.495. The number of Topliss-reactive ketones (excluding diaryl/α,β-unsaturated/α-hetero) is 4. The number of ketones is 4. The number of hydrogen-bond donors (Lipinski definition) is 4. The van der Waals surface area contributed by atoms with Crippen molar-refractivity contribution in [3.8, 4) is 16.9 Å². The van der Waals surface area contributed by atoms with Gasteiger partial charge in [-0.25, -0.2) is 0 Å². The van der Waals surface area contributed by atoms with E-state index in [0.717, 1.165) is 0 Å². The molecule has 12 nitrogen and oxygen atoms in total. The second-order valence-electron chi connectivity index (χ2n) is 10.6. The van der Waals surface area contributed by atoms with Crippen LogP contribution in [0.3, 0.4) is 0 Å². The number of benzene rings is 2. The van der Waals surface area contributed by atoms with E-state index in [1.54, 1.807) is 30.3 Å². The van der Waals surface area contributed by atoms with Crippen molar-refractivity contribution < 1.29 is 48.5 Å². The highest BCUT2D eigenvalue weighted by Gasteiger charge is 2.66. The molecule has 2 aromatic rings. The number of fused-ring (bicyclic) bond motifs is 3. The summed E-state index contributed by atoms with van der Waals surface area (Å²) in [7, 11) is 0. The highest BCUT2D eigenvalue weighted by molar-refractivity contribution is 6.31. The van der Waals surface area contributed by atoms with Crippen LogP contribution in [0.1, 0.15) is 35.7 Å². The summed E-state index contributed by atoms with van der Waals surface area (Å²) in [6.07, 6.45) is -0.289. The van der Waals surface area contributed by atoms with E-state index in [1.165, 1.54) is 13.0 Å². The van der Waals surface area contributed by atoms with Crippen LogP contribution in [0.2, 0.25) is 0 Å². The summed E-state index contributed by atoms with van der Waals surface area (Å²) >= 11 is 0. The van der Waals surface area contributed by atoms with Gasteiger partial charge in [0, 0.05) is 24.9 Å². The number of ether oxygens (including phenoxy) is 1. The van der Waals surface area contributed by atoms with E-state index in [0.29, 0.717) is 22.4 Å². The van der Waals surface area contributed by atoms with Crippen LogP contribution in [0.5, 0.6) is 5.75 Å². The molecule has 0 saturated heterocycles. The molecule has 5 rings (SSSR count). The number of carbonyl (C=O) groups excluding carboxylic acids is 7. The molecule has 2 saturated carbocycles. The zero-order chi connectivity index (χ0) is 29.8. The molecule has 0 aromatic heterocycles. The van der Waals surface area contributed by atoms with E-state index < -0.39 is 83.2 Å². The number of aromatic hydroxyl groups is 1. The Morgan fingerprint density at radius 2 is 1.71 bits per heavy atom. The Kier molecular flexibility index (Phi) is 6.82. The van der Waals surface area contributed by atoms with Crippen LogP contribution < -0.4 is 11.1 Å². The van der Waals surface area contributed by atoms with Gasteiger partial charge in [-0.3, -0.25) is 33.6 Å². The number of aliphatic hydroxyl groups is 1. The van der Waals surface area contributed by atoms with Crippen LogP contribution in [0.15, 0.2) is 36.4 Å². The van der Waals surface area contributed by atoms with Gasteiger partial charge >= 0.3 is 5.97 Å². The molecule has 0 radical (unpaired) electrons. The number of esters is 1. The summed E-state index contributed by atoms with van der Waals surface area (Å²) in [5.41, 5.74) is 4.50. The van der Waals surface area contributed by atoms with Crippen LogP contribution >= 0.6 is 0 Å². The van der Waals surface area contributed by atoms with Crippen LogP contribution in [0.25, 0.3) is 11.1 Å². The first-order valence-corrected chi connectivity index (χ1v) is 12.9. The molecule has 0 bridgehead atoms. The molecular formula is C29H26N2O10. The summed E-state index contributed by atoms with van der Waals surface area (Å²) in [6.45, 7) is 0.743. The van der Waals surface area contributed by atoms with Gasteiger partial charge in [0.1, 0.15) is 5.75 Å². The molecular weight excluding hydrogens is 536 g/mol.